The number of esters is 1. The molecule has 1 aliphatic carbocycles. The minimum Gasteiger partial charge on any atom is -0.464 e. The van der Waals surface area contributed by atoms with E-state index in [1.54, 1.807) is 13.0 Å². The molecule has 0 amide bonds. The summed E-state index contributed by atoms with van der Waals surface area (Å²) in [6.07, 6.45) is -0.0116. The Hall–Kier alpha value is -1.11. The van der Waals surface area contributed by atoms with Gasteiger partial charge in [-0.1, -0.05) is 0 Å². The van der Waals surface area contributed by atoms with Crippen molar-refractivity contribution in [1.29, 1.82) is 5.26 Å². The fraction of sp³-hybridized carbons (Fsp3) is 0.714. The molecule has 0 aromatic carbocycles. The minimum absolute atomic E-state index is 0.0116. The predicted molar refractivity (Wildman–Crippen MR) is 34.2 cm³/mol. The summed E-state index contributed by atoms with van der Waals surface area (Å²) in [4.78, 5) is 10.7. The van der Waals surface area contributed by atoms with Gasteiger partial charge in [0.1, 0.15) is 0 Å². The third-order valence-electron chi connectivity index (χ3n) is 1.66. The van der Waals surface area contributed by atoms with Crippen LogP contribution in [0.2, 0.25) is 0 Å². The molecule has 1 aliphatic rings. The van der Waals surface area contributed by atoms with Crippen molar-refractivity contribution in [3.05, 3.63) is 0 Å². The Labute approximate surface area is 63.8 Å². The van der Waals surface area contributed by atoms with Crippen molar-refractivity contribution in [3.63, 3.8) is 0 Å². The minimum atomic E-state index is -2.00. The van der Waals surface area contributed by atoms with Gasteiger partial charge in [-0.25, -0.2) is 9.18 Å². The fourth-order valence-corrected chi connectivity index (χ4v) is 0.863. The van der Waals surface area contributed by atoms with Crippen molar-refractivity contribution in [2.24, 2.45) is 5.92 Å². The highest BCUT2D eigenvalue weighted by Crippen LogP contribution is 2.47. The van der Waals surface area contributed by atoms with Gasteiger partial charge in [0.2, 0.25) is 5.67 Å². The highest BCUT2D eigenvalue weighted by molar-refractivity contribution is 5.84. The van der Waals surface area contributed by atoms with Gasteiger partial charge >= 0.3 is 5.97 Å². The van der Waals surface area contributed by atoms with Crippen LogP contribution in [0.15, 0.2) is 0 Å². The average molecular weight is 157 g/mol. The van der Waals surface area contributed by atoms with Crippen LogP contribution in [0.4, 0.5) is 4.39 Å². The number of ether oxygens (including phenoxy) is 1. The molecule has 0 N–H and O–H groups in total. The highest BCUT2D eigenvalue weighted by Gasteiger charge is 2.63. The van der Waals surface area contributed by atoms with Gasteiger partial charge in [-0.05, 0) is 6.92 Å². The zero-order valence-electron chi connectivity index (χ0n) is 6.13. The molecule has 0 bridgehead atoms. The second-order valence-electron chi connectivity index (χ2n) is 2.47. The Balaban J connectivity index is 2.51. The highest BCUT2D eigenvalue weighted by atomic mass is 19.1. The molecular weight excluding hydrogens is 149 g/mol. The Morgan fingerprint density at radius 3 is 3.00 bits per heavy atom. The van der Waals surface area contributed by atoms with Crippen molar-refractivity contribution < 1.29 is 13.9 Å². The zero-order chi connectivity index (χ0) is 8.48. The standard InChI is InChI=1S/C7H8FNO2/c1-2-11-6(10)7(8)3-5(7)4-9/h5H,2-3H2,1H3/t5?,7-/m1/s1. The molecule has 2 atom stereocenters. The summed E-state index contributed by atoms with van der Waals surface area (Å²) < 4.78 is 17.5. The third kappa shape index (κ3) is 1.18. The van der Waals surface area contributed by atoms with E-state index in [0.29, 0.717) is 0 Å². The van der Waals surface area contributed by atoms with Gasteiger partial charge in [0, 0.05) is 6.42 Å². The maximum Gasteiger partial charge on any atom is 0.345 e. The summed E-state index contributed by atoms with van der Waals surface area (Å²) in [7, 11) is 0. The number of nitrogens with zero attached hydrogens (tertiary/aromatic N) is 1. The molecule has 1 rings (SSSR count). The maximum atomic E-state index is 13.0. The molecule has 0 spiro atoms. The van der Waals surface area contributed by atoms with E-state index >= 15 is 0 Å². The molecular formula is C7H8FNO2. The summed E-state index contributed by atoms with van der Waals surface area (Å²) in [5.41, 5.74) is -2.00. The molecule has 3 nitrogen and oxygen atoms in total. The Morgan fingerprint density at radius 1 is 2.00 bits per heavy atom. The number of rotatable bonds is 2. The van der Waals surface area contributed by atoms with E-state index in [2.05, 4.69) is 4.74 Å². The van der Waals surface area contributed by atoms with Crippen LogP contribution in [-0.4, -0.2) is 18.2 Å². The number of carbonyl (C=O) groups is 1. The van der Waals surface area contributed by atoms with Gasteiger partial charge in [0.15, 0.2) is 0 Å². The molecule has 0 heterocycles. The molecule has 0 radical (unpaired) electrons. The molecule has 60 valence electrons. The van der Waals surface area contributed by atoms with Crippen LogP contribution in [0, 0.1) is 17.2 Å². The number of nitriles is 1. The largest absolute Gasteiger partial charge is 0.464 e. The zero-order valence-corrected chi connectivity index (χ0v) is 6.13. The third-order valence-corrected chi connectivity index (χ3v) is 1.66. The molecule has 4 heteroatoms. The average Bonchev–Trinajstić information content (AvgIpc) is 2.64. The fourth-order valence-electron chi connectivity index (χ4n) is 0.863. The first kappa shape index (κ1) is 7.99. The normalized spacial score (nSPS) is 34.1. The van der Waals surface area contributed by atoms with Crippen LogP contribution in [0.5, 0.6) is 0 Å². The summed E-state index contributed by atoms with van der Waals surface area (Å²) in [6, 6.07) is 1.69. The van der Waals surface area contributed by atoms with Gasteiger partial charge in [-0.2, -0.15) is 5.26 Å². The monoisotopic (exact) mass is 157 g/mol. The van der Waals surface area contributed by atoms with E-state index in [4.69, 9.17) is 5.26 Å². The van der Waals surface area contributed by atoms with Gasteiger partial charge in [0.25, 0.3) is 0 Å². The van der Waals surface area contributed by atoms with E-state index in [9.17, 15) is 9.18 Å². The van der Waals surface area contributed by atoms with Crippen molar-refractivity contribution in [2.45, 2.75) is 19.0 Å². The quantitative estimate of drug-likeness (QED) is 0.557. The molecule has 1 unspecified atom stereocenters. The Bertz CT molecular complexity index is 223. The van der Waals surface area contributed by atoms with Crippen molar-refractivity contribution in [1.82, 2.24) is 0 Å². The van der Waals surface area contributed by atoms with Crippen LogP contribution < -0.4 is 0 Å². The van der Waals surface area contributed by atoms with Crippen molar-refractivity contribution in [3.8, 4) is 6.07 Å². The van der Waals surface area contributed by atoms with E-state index in [-0.39, 0.29) is 13.0 Å². The smallest absolute Gasteiger partial charge is 0.345 e. The lowest BCUT2D eigenvalue weighted by molar-refractivity contribution is -0.151. The molecule has 0 aromatic rings. The molecule has 0 saturated heterocycles. The number of hydrogen-bond donors (Lipinski definition) is 0. The number of carbonyl (C=O) groups excluding carboxylic acids is 1. The van der Waals surface area contributed by atoms with Crippen LogP contribution in [0.25, 0.3) is 0 Å². The van der Waals surface area contributed by atoms with E-state index < -0.39 is 17.6 Å². The van der Waals surface area contributed by atoms with Crippen LogP contribution in [0.1, 0.15) is 13.3 Å². The molecule has 0 aliphatic heterocycles. The van der Waals surface area contributed by atoms with Crippen LogP contribution in [-0.2, 0) is 9.53 Å². The first-order valence-electron chi connectivity index (χ1n) is 3.41. The van der Waals surface area contributed by atoms with Gasteiger partial charge in [-0.15, -0.1) is 0 Å². The SMILES string of the molecule is CCOC(=O)[C@@]1(F)CC1C#N. The molecule has 11 heavy (non-hydrogen) atoms. The Kier molecular flexibility index (Phi) is 1.81. The summed E-state index contributed by atoms with van der Waals surface area (Å²) >= 11 is 0. The number of hydrogen-bond acceptors (Lipinski definition) is 3. The predicted octanol–water partition coefficient (Wildman–Crippen LogP) is 0.801. The van der Waals surface area contributed by atoms with E-state index in [0.717, 1.165) is 0 Å². The van der Waals surface area contributed by atoms with Crippen LogP contribution >= 0.6 is 0 Å². The summed E-state index contributed by atoms with van der Waals surface area (Å²) in [6.45, 7) is 1.76. The topological polar surface area (TPSA) is 50.1 Å². The van der Waals surface area contributed by atoms with Gasteiger partial charge < -0.3 is 4.74 Å². The molecule has 1 fully saturated rings. The van der Waals surface area contributed by atoms with Crippen molar-refractivity contribution in [2.75, 3.05) is 6.61 Å². The first-order chi connectivity index (χ1) is 5.15. The number of halogens is 1. The summed E-state index contributed by atoms with van der Waals surface area (Å²) in [5.74, 6) is -1.69. The first-order valence-corrected chi connectivity index (χ1v) is 3.41. The lowest BCUT2D eigenvalue weighted by Gasteiger charge is -2.03. The number of alkyl halides is 1. The second-order valence-corrected chi connectivity index (χ2v) is 2.47. The molecule has 1 saturated carbocycles. The van der Waals surface area contributed by atoms with Gasteiger partial charge in [-0.3, -0.25) is 0 Å². The Morgan fingerprint density at radius 2 is 2.64 bits per heavy atom. The van der Waals surface area contributed by atoms with Crippen LogP contribution in [0.3, 0.4) is 0 Å². The van der Waals surface area contributed by atoms with E-state index in [1.165, 1.54) is 0 Å². The lowest BCUT2D eigenvalue weighted by atomic mass is 10.3. The van der Waals surface area contributed by atoms with Crippen molar-refractivity contribution >= 4 is 5.97 Å². The van der Waals surface area contributed by atoms with E-state index in [1.807, 2.05) is 0 Å². The lowest BCUT2D eigenvalue weighted by Crippen LogP contribution is -2.22. The van der Waals surface area contributed by atoms with Gasteiger partial charge in [0.05, 0.1) is 18.6 Å². The summed E-state index contributed by atoms with van der Waals surface area (Å²) in [5, 5.41) is 8.26. The maximum absolute atomic E-state index is 13.0. The second kappa shape index (κ2) is 2.50. The molecule has 0 aromatic heterocycles.